The summed E-state index contributed by atoms with van der Waals surface area (Å²) in [5.41, 5.74) is -0.151. The quantitative estimate of drug-likeness (QED) is 0.323. The summed E-state index contributed by atoms with van der Waals surface area (Å²) >= 11 is 0. The first-order chi connectivity index (χ1) is 10.2. The van der Waals surface area contributed by atoms with Gasteiger partial charge in [0.2, 0.25) is 0 Å². The number of ether oxygens (including phenoxy) is 3. The van der Waals surface area contributed by atoms with Crippen LogP contribution >= 0.6 is 0 Å². The number of aliphatic hydroxyl groups is 1. The molecule has 0 aliphatic heterocycles. The summed E-state index contributed by atoms with van der Waals surface area (Å²) in [6.07, 6.45) is -16.0. The summed E-state index contributed by atoms with van der Waals surface area (Å²) in [5.74, 6) is -3.80. The molecule has 0 aromatic carbocycles. The Bertz CT molecular complexity index is 443. The van der Waals surface area contributed by atoms with Crippen molar-refractivity contribution in [2.75, 3.05) is 13.2 Å². The predicted octanol–water partition coefficient (Wildman–Crippen LogP) is 1.48. The zero-order valence-corrected chi connectivity index (χ0v) is 11.5. The molecular weight excluding hydrogens is 342 g/mol. The highest BCUT2D eigenvalue weighted by atomic mass is 19.4. The molecule has 0 bridgehead atoms. The molecule has 0 rings (SSSR count). The van der Waals surface area contributed by atoms with E-state index in [1.807, 2.05) is 0 Å². The van der Waals surface area contributed by atoms with E-state index in [4.69, 9.17) is 5.11 Å². The van der Waals surface area contributed by atoms with E-state index in [2.05, 4.69) is 20.8 Å². The standard InChI is InChI=1S/C11H12F6O6/c1-5(2)7(18)21-3-6(23-9(20)11(15,16)17)4-22-8(19)10(12,13)14/h6,8,19H,1,3-4H2,2H3. The van der Waals surface area contributed by atoms with Crippen LogP contribution in [0.4, 0.5) is 26.3 Å². The highest BCUT2D eigenvalue weighted by molar-refractivity contribution is 5.86. The summed E-state index contributed by atoms with van der Waals surface area (Å²) in [6.45, 7) is 2.03. The van der Waals surface area contributed by atoms with Crippen molar-refractivity contribution < 1.29 is 55.2 Å². The minimum atomic E-state index is -5.42. The monoisotopic (exact) mass is 354 g/mol. The van der Waals surface area contributed by atoms with Gasteiger partial charge in [-0.05, 0) is 6.92 Å². The third-order valence-corrected chi connectivity index (χ3v) is 1.97. The van der Waals surface area contributed by atoms with Gasteiger partial charge in [-0.3, -0.25) is 0 Å². The van der Waals surface area contributed by atoms with E-state index >= 15 is 0 Å². The summed E-state index contributed by atoms with van der Waals surface area (Å²) < 4.78 is 84.3. The Morgan fingerprint density at radius 2 is 1.65 bits per heavy atom. The molecule has 0 saturated carbocycles. The van der Waals surface area contributed by atoms with E-state index in [1.165, 1.54) is 6.92 Å². The smallest absolute Gasteiger partial charge is 0.458 e. The van der Waals surface area contributed by atoms with Gasteiger partial charge in [0.05, 0.1) is 6.61 Å². The fourth-order valence-corrected chi connectivity index (χ4v) is 0.919. The van der Waals surface area contributed by atoms with Crippen molar-refractivity contribution in [3.05, 3.63) is 12.2 Å². The third kappa shape index (κ3) is 8.40. The lowest BCUT2D eigenvalue weighted by molar-refractivity contribution is -0.299. The van der Waals surface area contributed by atoms with E-state index in [9.17, 15) is 35.9 Å². The summed E-state index contributed by atoms with van der Waals surface area (Å²) in [6, 6.07) is 0. The SMILES string of the molecule is C=C(C)C(=O)OCC(COC(O)C(F)(F)F)OC(=O)C(F)(F)F. The number of carbonyl (C=O) groups excluding carboxylic acids is 2. The Hall–Kier alpha value is -1.82. The van der Waals surface area contributed by atoms with Crippen LogP contribution in [0.15, 0.2) is 12.2 Å². The van der Waals surface area contributed by atoms with Crippen molar-refractivity contribution in [3.8, 4) is 0 Å². The Morgan fingerprint density at radius 3 is 2.04 bits per heavy atom. The van der Waals surface area contributed by atoms with Crippen LogP contribution in [0.1, 0.15) is 6.92 Å². The maximum atomic E-state index is 12.1. The third-order valence-electron chi connectivity index (χ3n) is 1.97. The molecule has 2 atom stereocenters. The second-order valence-electron chi connectivity index (χ2n) is 4.13. The molecule has 134 valence electrons. The van der Waals surface area contributed by atoms with Crippen LogP contribution in [-0.4, -0.2) is 55.0 Å². The van der Waals surface area contributed by atoms with E-state index in [0.29, 0.717) is 0 Å². The molecule has 23 heavy (non-hydrogen) atoms. The molecule has 0 aliphatic rings. The van der Waals surface area contributed by atoms with Crippen molar-refractivity contribution in [2.24, 2.45) is 0 Å². The Balaban J connectivity index is 4.76. The van der Waals surface area contributed by atoms with Gasteiger partial charge in [0.1, 0.15) is 6.61 Å². The van der Waals surface area contributed by atoms with Gasteiger partial charge < -0.3 is 19.3 Å². The van der Waals surface area contributed by atoms with Gasteiger partial charge in [-0.2, -0.15) is 26.3 Å². The van der Waals surface area contributed by atoms with Crippen molar-refractivity contribution in [1.29, 1.82) is 0 Å². The fraction of sp³-hybridized carbons (Fsp3) is 0.636. The molecule has 1 N–H and O–H groups in total. The second-order valence-corrected chi connectivity index (χ2v) is 4.13. The van der Waals surface area contributed by atoms with Gasteiger partial charge in [0, 0.05) is 5.57 Å². The molecular formula is C11H12F6O6. The predicted molar refractivity (Wildman–Crippen MR) is 59.7 cm³/mol. The Labute approximate surface area is 125 Å². The molecule has 0 amide bonds. The number of esters is 2. The lowest BCUT2D eigenvalue weighted by atomic mass is 10.3. The average molecular weight is 354 g/mol. The first-order valence-corrected chi connectivity index (χ1v) is 5.72. The van der Waals surface area contributed by atoms with Crippen molar-refractivity contribution in [1.82, 2.24) is 0 Å². The zero-order valence-electron chi connectivity index (χ0n) is 11.5. The van der Waals surface area contributed by atoms with E-state index in [0.717, 1.165) is 0 Å². The molecule has 0 aliphatic carbocycles. The molecule has 12 heteroatoms. The van der Waals surface area contributed by atoms with Crippen LogP contribution in [0.5, 0.6) is 0 Å². The van der Waals surface area contributed by atoms with Crippen LogP contribution < -0.4 is 0 Å². The number of hydrogen-bond donors (Lipinski definition) is 1. The van der Waals surface area contributed by atoms with Crippen LogP contribution in [0.2, 0.25) is 0 Å². The molecule has 0 radical (unpaired) electrons. The van der Waals surface area contributed by atoms with Gasteiger partial charge in [0.25, 0.3) is 6.29 Å². The number of alkyl halides is 6. The maximum Gasteiger partial charge on any atom is 0.490 e. The molecule has 0 aromatic heterocycles. The van der Waals surface area contributed by atoms with Gasteiger partial charge in [-0.15, -0.1) is 0 Å². The van der Waals surface area contributed by atoms with E-state index < -0.39 is 49.9 Å². The normalized spacial score (nSPS) is 14.8. The summed E-state index contributed by atoms with van der Waals surface area (Å²) in [5, 5.41) is 8.56. The van der Waals surface area contributed by atoms with Crippen molar-refractivity contribution in [2.45, 2.75) is 31.7 Å². The van der Waals surface area contributed by atoms with Crippen molar-refractivity contribution >= 4 is 11.9 Å². The molecule has 0 heterocycles. The fourth-order valence-electron chi connectivity index (χ4n) is 0.919. The zero-order chi connectivity index (χ0) is 18.4. The average Bonchev–Trinajstić information content (AvgIpc) is 2.38. The van der Waals surface area contributed by atoms with Crippen LogP contribution in [0.25, 0.3) is 0 Å². The minimum absolute atomic E-state index is 0.151. The van der Waals surface area contributed by atoms with Gasteiger partial charge >= 0.3 is 24.3 Å². The number of aliphatic hydroxyl groups excluding tert-OH is 1. The second kappa shape index (κ2) is 8.15. The number of carbonyl (C=O) groups is 2. The largest absolute Gasteiger partial charge is 0.490 e. The molecule has 2 unspecified atom stereocenters. The van der Waals surface area contributed by atoms with Gasteiger partial charge in [0.15, 0.2) is 6.10 Å². The molecule has 6 nitrogen and oxygen atoms in total. The van der Waals surface area contributed by atoms with Gasteiger partial charge in [-0.25, -0.2) is 9.59 Å². The first kappa shape index (κ1) is 21.2. The maximum absolute atomic E-state index is 12.1. The minimum Gasteiger partial charge on any atom is -0.458 e. The highest BCUT2D eigenvalue weighted by Crippen LogP contribution is 2.22. The molecule has 0 saturated heterocycles. The lowest BCUT2D eigenvalue weighted by Gasteiger charge is -2.21. The van der Waals surface area contributed by atoms with Gasteiger partial charge in [-0.1, -0.05) is 6.58 Å². The Kier molecular flexibility index (Phi) is 7.51. The molecule has 0 spiro atoms. The van der Waals surface area contributed by atoms with Crippen LogP contribution in [0.3, 0.4) is 0 Å². The summed E-state index contributed by atoms with van der Waals surface area (Å²) in [4.78, 5) is 21.7. The van der Waals surface area contributed by atoms with Crippen molar-refractivity contribution in [3.63, 3.8) is 0 Å². The summed E-state index contributed by atoms with van der Waals surface area (Å²) in [7, 11) is 0. The van der Waals surface area contributed by atoms with Crippen LogP contribution in [0, 0.1) is 0 Å². The van der Waals surface area contributed by atoms with E-state index in [1.54, 1.807) is 0 Å². The lowest BCUT2D eigenvalue weighted by Crippen LogP contribution is -2.39. The topological polar surface area (TPSA) is 82.1 Å². The van der Waals surface area contributed by atoms with Crippen LogP contribution in [-0.2, 0) is 23.8 Å². The Morgan fingerprint density at radius 1 is 1.13 bits per heavy atom. The van der Waals surface area contributed by atoms with E-state index in [-0.39, 0.29) is 5.57 Å². The number of hydrogen-bond acceptors (Lipinski definition) is 6. The molecule has 0 fully saturated rings. The number of rotatable bonds is 7. The first-order valence-electron chi connectivity index (χ1n) is 5.72. The molecule has 0 aromatic rings. The number of halogens is 6. The highest BCUT2D eigenvalue weighted by Gasteiger charge is 2.44.